The molecule has 82 valence electrons. The van der Waals surface area contributed by atoms with Crippen molar-refractivity contribution < 1.29 is 9.21 Å². The third-order valence-electron chi connectivity index (χ3n) is 2.85. The van der Waals surface area contributed by atoms with Crippen LogP contribution >= 0.6 is 0 Å². The molecule has 1 atom stereocenters. The summed E-state index contributed by atoms with van der Waals surface area (Å²) >= 11 is 0. The molecule has 1 aromatic heterocycles. The summed E-state index contributed by atoms with van der Waals surface area (Å²) in [6.45, 7) is 1.60. The molecule has 1 aliphatic heterocycles. The summed E-state index contributed by atoms with van der Waals surface area (Å²) in [6, 6.07) is 3.87. The number of likely N-dealkylation sites (N-methyl/N-ethyl adjacent to an activating group) is 1. The summed E-state index contributed by atoms with van der Waals surface area (Å²) in [6.07, 6.45) is 3.73. The van der Waals surface area contributed by atoms with Crippen LogP contribution in [0.1, 0.15) is 23.4 Å². The molecule has 2 rings (SSSR count). The Bertz CT molecular complexity index is 321. The molecule has 2 heterocycles. The number of carbonyl (C=O) groups excluding carboxylic acids is 1. The Hall–Kier alpha value is -1.29. The molecule has 1 unspecified atom stereocenters. The summed E-state index contributed by atoms with van der Waals surface area (Å²) < 4.78 is 5.11. The molecule has 1 amide bonds. The van der Waals surface area contributed by atoms with E-state index in [1.54, 1.807) is 12.1 Å². The fourth-order valence-electron chi connectivity index (χ4n) is 1.95. The van der Waals surface area contributed by atoms with Crippen molar-refractivity contribution >= 4 is 5.91 Å². The van der Waals surface area contributed by atoms with Crippen molar-refractivity contribution in [3.8, 4) is 0 Å². The largest absolute Gasteiger partial charge is 0.459 e. The van der Waals surface area contributed by atoms with Crippen LogP contribution in [0.4, 0.5) is 0 Å². The first-order valence-corrected chi connectivity index (χ1v) is 5.31. The quantitative estimate of drug-likeness (QED) is 0.791. The van der Waals surface area contributed by atoms with Crippen LogP contribution in [0.5, 0.6) is 0 Å². The summed E-state index contributed by atoms with van der Waals surface area (Å²) in [5, 5.41) is 3.21. The number of nitrogens with zero attached hydrogens (tertiary/aromatic N) is 1. The molecule has 1 fully saturated rings. The van der Waals surface area contributed by atoms with E-state index >= 15 is 0 Å². The minimum atomic E-state index is -0.0000463. The van der Waals surface area contributed by atoms with Gasteiger partial charge in [-0.2, -0.15) is 0 Å². The fraction of sp³-hybridized carbons (Fsp3) is 0.545. The Morgan fingerprint density at radius 2 is 2.53 bits per heavy atom. The molecule has 0 bridgehead atoms. The highest BCUT2D eigenvalue weighted by atomic mass is 16.3. The molecule has 0 saturated carbocycles. The van der Waals surface area contributed by atoms with Crippen molar-refractivity contribution in [1.29, 1.82) is 0 Å². The lowest BCUT2D eigenvalue weighted by atomic mass is 10.1. The summed E-state index contributed by atoms with van der Waals surface area (Å²) in [5.41, 5.74) is 0. The molecule has 15 heavy (non-hydrogen) atoms. The standard InChI is InChI=1S/C11H16N2O2/c1-12-9-4-2-6-13(8-9)11(14)10-5-3-7-15-10/h3,5,7,9,12H,2,4,6,8H2,1H3. The van der Waals surface area contributed by atoms with E-state index in [9.17, 15) is 4.79 Å². The Kier molecular flexibility index (Phi) is 3.06. The number of amides is 1. The molecular formula is C11H16N2O2. The lowest BCUT2D eigenvalue weighted by molar-refractivity contribution is 0.0666. The van der Waals surface area contributed by atoms with Gasteiger partial charge in [-0.25, -0.2) is 0 Å². The van der Waals surface area contributed by atoms with Crippen molar-refractivity contribution in [3.63, 3.8) is 0 Å². The van der Waals surface area contributed by atoms with E-state index < -0.39 is 0 Å². The van der Waals surface area contributed by atoms with Crippen molar-refractivity contribution in [2.24, 2.45) is 0 Å². The van der Waals surface area contributed by atoms with Gasteiger partial charge in [0.2, 0.25) is 0 Å². The van der Waals surface area contributed by atoms with Crippen LogP contribution in [0.2, 0.25) is 0 Å². The number of carbonyl (C=O) groups is 1. The monoisotopic (exact) mass is 208 g/mol. The van der Waals surface area contributed by atoms with Crippen LogP contribution in [0, 0.1) is 0 Å². The number of likely N-dealkylation sites (tertiary alicyclic amines) is 1. The number of rotatable bonds is 2. The molecule has 1 aromatic rings. The van der Waals surface area contributed by atoms with Crippen LogP contribution in [-0.4, -0.2) is 37.0 Å². The Balaban J connectivity index is 2.01. The van der Waals surface area contributed by atoms with Gasteiger partial charge in [0.1, 0.15) is 0 Å². The minimum Gasteiger partial charge on any atom is -0.459 e. The molecule has 1 aliphatic rings. The van der Waals surface area contributed by atoms with Crippen molar-refractivity contribution in [1.82, 2.24) is 10.2 Å². The first-order valence-electron chi connectivity index (χ1n) is 5.31. The van der Waals surface area contributed by atoms with Gasteiger partial charge in [0, 0.05) is 19.1 Å². The summed E-state index contributed by atoms with van der Waals surface area (Å²) in [5.74, 6) is 0.437. The number of hydrogen-bond acceptors (Lipinski definition) is 3. The van der Waals surface area contributed by atoms with Crippen molar-refractivity contribution in [3.05, 3.63) is 24.2 Å². The van der Waals surface area contributed by atoms with Gasteiger partial charge in [0.05, 0.1) is 6.26 Å². The van der Waals surface area contributed by atoms with Crippen LogP contribution in [0.3, 0.4) is 0 Å². The minimum absolute atomic E-state index is 0.0000463. The highest BCUT2D eigenvalue weighted by molar-refractivity contribution is 5.91. The van der Waals surface area contributed by atoms with Crippen LogP contribution in [0.15, 0.2) is 22.8 Å². The third-order valence-corrected chi connectivity index (χ3v) is 2.85. The van der Waals surface area contributed by atoms with E-state index in [1.165, 1.54) is 6.26 Å². The highest BCUT2D eigenvalue weighted by Crippen LogP contribution is 2.13. The second-order valence-corrected chi connectivity index (χ2v) is 3.86. The second kappa shape index (κ2) is 4.49. The normalized spacial score (nSPS) is 21.7. The topological polar surface area (TPSA) is 45.5 Å². The van der Waals surface area contributed by atoms with Crippen molar-refractivity contribution in [2.45, 2.75) is 18.9 Å². The van der Waals surface area contributed by atoms with E-state index in [2.05, 4.69) is 5.32 Å². The number of piperidine rings is 1. The Morgan fingerprint density at radius 3 is 3.20 bits per heavy atom. The smallest absolute Gasteiger partial charge is 0.289 e. The first kappa shape index (κ1) is 10.2. The Morgan fingerprint density at radius 1 is 1.67 bits per heavy atom. The van der Waals surface area contributed by atoms with Gasteiger partial charge < -0.3 is 14.6 Å². The van der Waals surface area contributed by atoms with Crippen LogP contribution in [-0.2, 0) is 0 Å². The van der Waals surface area contributed by atoms with Crippen molar-refractivity contribution in [2.75, 3.05) is 20.1 Å². The summed E-state index contributed by atoms with van der Waals surface area (Å²) in [7, 11) is 1.94. The second-order valence-electron chi connectivity index (χ2n) is 3.86. The van der Waals surface area contributed by atoms with E-state index in [0.717, 1.165) is 25.9 Å². The van der Waals surface area contributed by atoms with E-state index in [0.29, 0.717) is 11.8 Å². The lowest BCUT2D eigenvalue weighted by Gasteiger charge is -2.31. The SMILES string of the molecule is CNC1CCCN(C(=O)c2ccco2)C1. The van der Waals surface area contributed by atoms with E-state index in [1.807, 2.05) is 11.9 Å². The maximum atomic E-state index is 11.9. The van der Waals surface area contributed by atoms with Gasteiger partial charge in [0.25, 0.3) is 5.91 Å². The maximum Gasteiger partial charge on any atom is 0.289 e. The first-order chi connectivity index (χ1) is 7.31. The lowest BCUT2D eigenvalue weighted by Crippen LogP contribution is -2.46. The molecule has 0 spiro atoms. The zero-order valence-corrected chi connectivity index (χ0v) is 8.90. The fourth-order valence-corrected chi connectivity index (χ4v) is 1.95. The van der Waals surface area contributed by atoms with Gasteiger partial charge in [-0.05, 0) is 32.0 Å². The number of nitrogens with one attached hydrogen (secondary N) is 1. The molecule has 4 heteroatoms. The van der Waals surface area contributed by atoms with E-state index in [-0.39, 0.29) is 5.91 Å². The number of hydrogen-bond donors (Lipinski definition) is 1. The van der Waals surface area contributed by atoms with Gasteiger partial charge in [-0.1, -0.05) is 0 Å². The molecule has 0 aromatic carbocycles. The van der Waals surface area contributed by atoms with Crippen LogP contribution < -0.4 is 5.32 Å². The molecule has 4 nitrogen and oxygen atoms in total. The van der Waals surface area contributed by atoms with Gasteiger partial charge in [-0.3, -0.25) is 4.79 Å². The predicted octanol–water partition coefficient (Wildman–Crippen LogP) is 1.10. The molecule has 1 saturated heterocycles. The molecule has 0 aliphatic carbocycles. The predicted molar refractivity (Wildman–Crippen MR) is 56.7 cm³/mol. The molecule has 0 radical (unpaired) electrons. The third kappa shape index (κ3) is 2.21. The van der Waals surface area contributed by atoms with Crippen LogP contribution in [0.25, 0.3) is 0 Å². The zero-order valence-electron chi connectivity index (χ0n) is 8.90. The molecular weight excluding hydrogens is 192 g/mol. The Labute approximate surface area is 89.2 Å². The maximum absolute atomic E-state index is 11.9. The van der Waals surface area contributed by atoms with Gasteiger partial charge in [0.15, 0.2) is 5.76 Å². The van der Waals surface area contributed by atoms with Gasteiger partial charge >= 0.3 is 0 Å². The number of furan rings is 1. The average Bonchev–Trinajstić information content (AvgIpc) is 2.81. The van der Waals surface area contributed by atoms with E-state index in [4.69, 9.17) is 4.42 Å². The molecule has 1 N–H and O–H groups in total. The summed E-state index contributed by atoms with van der Waals surface area (Å²) in [4.78, 5) is 13.8. The highest BCUT2D eigenvalue weighted by Gasteiger charge is 2.24. The van der Waals surface area contributed by atoms with Gasteiger partial charge in [-0.15, -0.1) is 0 Å². The zero-order chi connectivity index (χ0) is 10.7. The average molecular weight is 208 g/mol.